The molecule has 4 atom stereocenters. The summed E-state index contributed by atoms with van der Waals surface area (Å²) in [6.07, 6.45) is -1.25. The first-order valence-corrected chi connectivity index (χ1v) is 13.3. The van der Waals surface area contributed by atoms with Gasteiger partial charge in [-0.2, -0.15) is 9.97 Å². The monoisotopic (exact) mass is 578 g/mol. The molecule has 4 saturated heterocycles. The van der Waals surface area contributed by atoms with Gasteiger partial charge in [0, 0.05) is 24.1 Å². The number of nitrogens with zero attached hydrogens (tertiary/aromatic N) is 3. The highest BCUT2D eigenvalue weighted by Gasteiger charge is 2.49. The number of aliphatic hydroxyl groups is 1. The molecular weight excluding hydrogens is 554 g/mol. The number of carbonyl (C=O) groups is 1. The highest BCUT2D eigenvalue weighted by molar-refractivity contribution is 6.32. The molecule has 4 aliphatic rings. The van der Waals surface area contributed by atoms with Crippen LogP contribution in [0, 0.1) is 17.0 Å². The lowest BCUT2D eigenvalue weighted by atomic mass is 9.85. The number of amides is 1. The molecule has 1 aromatic carbocycles. The number of hydrogen-bond donors (Lipinski definition) is 2. The molecule has 2 N–H and O–H groups in total. The molecule has 11 nitrogen and oxygen atoms in total. The first kappa shape index (κ1) is 25.8. The number of aromatic nitrogens is 3. The number of benzene rings is 1. The summed E-state index contributed by atoms with van der Waals surface area (Å²) in [5.74, 6) is -2.32. The molecule has 1 unspecified atom stereocenters. The van der Waals surface area contributed by atoms with Gasteiger partial charge in [-0.05, 0) is 24.6 Å². The van der Waals surface area contributed by atoms with Crippen molar-refractivity contribution in [2.45, 2.75) is 37.4 Å². The Morgan fingerprint density at radius 2 is 1.95 bits per heavy atom. The fourth-order valence-electron chi connectivity index (χ4n) is 5.65. The van der Waals surface area contributed by atoms with Crippen molar-refractivity contribution in [3.63, 3.8) is 0 Å². The number of imidazole rings is 1. The molecule has 0 radical (unpaired) electrons. The average molecular weight is 579 g/mol. The number of halogens is 3. The zero-order valence-electron chi connectivity index (χ0n) is 21.1. The maximum absolute atomic E-state index is 14.9. The number of likely N-dealkylation sites (tertiary alicyclic amines) is 1. The minimum Gasteiger partial charge on any atom is -0.471 e. The van der Waals surface area contributed by atoms with Crippen LogP contribution in [0.2, 0.25) is 5.02 Å². The van der Waals surface area contributed by atoms with Crippen LogP contribution < -0.4 is 9.47 Å². The maximum Gasteiger partial charge on any atom is 0.296 e. The Balaban J connectivity index is 1.03. The Bertz CT molecular complexity index is 1460. The average Bonchev–Trinajstić information content (AvgIpc) is 3.68. The second-order valence-corrected chi connectivity index (χ2v) is 11.1. The molecule has 4 aliphatic heterocycles. The normalized spacial score (nSPS) is 26.9. The van der Waals surface area contributed by atoms with Crippen molar-refractivity contribution in [2.75, 3.05) is 39.5 Å². The topological polar surface area (TPSA) is 128 Å². The van der Waals surface area contributed by atoms with Crippen molar-refractivity contribution in [3.8, 4) is 11.9 Å². The van der Waals surface area contributed by atoms with Crippen LogP contribution in [0.1, 0.15) is 22.3 Å². The largest absolute Gasteiger partial charge is 0.471 e. The highest BCUT2D eigenvalue weighted by atomic mass is 35.5. The second kappa shape index (κ2) is 9.77. The number of pyridine rings is 1. The van der Waals surface area contributed by atoms with Gasteiger partial charge >= 0.3 is 0 Å². The number of rotatable bonds is 6. The fourth-order valence-corrected chi connectivity index (χ4v) is 5.85. The Hall–Kier alpha value is -3.10. The lowest BCUT2D eigenvalue weighted by Crippen LogP contribution is -2.45. The van der Waals surface area contributed by atoms with Crippen molar-refractivity contribution in [1.29, 1.82) is 0 Å². The van der Waals surface area contributed by atoms with Crippen LogP contribution in [-0.2, 0) is 20.8 Å². The Kier molecular flexibility index (Phi) is 6.31. The standard InChI is InChI=1S/C26H25ClF2N4O7/c27-14-5-17-22(32-25(30-17)40-19-8-38-20-18(34)7-37-21(19)20)31-23(14)39-6-13-15(28)3-12(4-16(13)29)24(35)33-2-1-26(9-33)10-36-11-26/h3-5,18-21,34H,1-2,6-11H2,(H,30,31,32)/t18-,19-,20?,21-/m1/s1. The van der Waals surface area contributed by atoms with E-state index >= 15 is 0 Å². The summed E-state index contributed by atoms with van der Waals surface area (Å²) in [6, 6.07) is 3.69. The van der Waals surface area contributed by atoms with Crippen LogP contribution in [0.5, 0.6) is 11.9 Å². The summed E-state index contributed by atoms with van der Waals surface area (Å²) in [5, 5.41) is 9.99. The first-order valence-electron chi connectivity index (χ1n) is 12.9. The molecule has 4 fully saturated rings. The molecule has 14 heteroatoms. The van der Waals surface area contributed by atoms with Crippen LogP contribution in [-0.4, -0.2) is 94.8 Å². The molecular formula is C26H25ClF2N4O7. The number of nitrogens with one attached hydrogen (secondary N) is 1. The van der Waals surface area contributed by atoms with E-state index in [1.54, 1.807) is 4.90 Å². The molecule has 1 amide bonds. The number of hydrogen-bond acceptors (Lipinski definition) is 9. The Morgan fingerprint density at radius 3 is 2.67 bits per heavy atom. The Labute approximate surface area is 231 Å². The lowest BCUT2D eigenvalue weighted by Gasteiger charge is -2.37. The molecule has 2 aromatic heterocycles. The number of aromatic amines is 1. The van der Waals surface area contributed by atoms with E-state index in [-0.39, 0.29) is 52.3 Å². The van der Waals surface area contributed by atoms with E-state index in [9.17, 15) is 18.7 Å². The summed E-state index contributed by atoms with van der Waals surface area (Å²) in [5.41, 5.74) is 0.207. The van der Waals surface area contributed by atoms with Gasteiger partial charge in [0.1, 0.15) is 41.6 Å². The summed E-state index contributed by atoms with van der Waals surface area (Å²) in [7, 11) is 0. The van der Waals surface area contributed by atoms with E-state index in [0.29, 0.717) is 31.8 Å². The van der Waals surface area contributed by atoms with E-state index in [2.05, 4.69) is 15.0 Å². The molecule has 3 aromatic rings. The number of fused-ring (bicyclic) bond motifs is 2. The van der Waals surface area contributed by atoms with Crippen molar-refractivity contribution in [1.82, 2.24) is 19.9 Å². The molecule has 40 heavy (non-hydrogen) atoms. The summed E-state index contributed by atoms with van der Waals surface area (Å²) >= 11 is 6.31. The van der Waals surface area contributed by atoms with E-state index < -0.39 is 48.6 Å². The van der Waals surface area contributed by atoms with Gasteiger partial charge in [-0.3, -0.25) is 4.79 Å². The van der Waals surface area contributed by atoms with Gasteiger partial charge in [-0.1, -0.05) is 11.6 Å². The minimum atomic E-state index is -0.909. The third-order valence-electron chi connectivity index (χ3n) is 7.90. The van der Waals surface area contributed by atoms with Crippen LogP contribution in [0.25, 0.3) is 11.2 Å². The molecule has 0 aliphatic carbocycles. The second-order valence-electron chi connectivity index (χ2n) is 10.7. The van der Waals surface area contributed by atoms with E-state index in [0.717, 1.165) is 18.6 Å². The van der Waals surface area contributed by atoms with Gasteiger partial charge in [-0.25, -0.2) is 8.78 Å². The van der Waals surface area contributed by atoms with Crippen LogP contribution in [0.15, 0.2) is 18.2 Å². The predicted molar refractivity (Wildman–Crippen MR) is 133 cm³/mol. The van der Waals surface area contributed by atoms with E-state index in [1.165, 1.54) is 6.07 Å². The van der Waals surface area contributed by atoms with Gasteiger partial charge in [0.15, 0.2) is 11.8 Å². The smallest absolute Gasteiger partial charge is 0.296 e. The lowest BCUT2D eigenvalue weighted by molar-refractivity contribution is -0.103. The van der Waals surface area contributed by atoms with Crippen molar-refractivity contribution < 1.29 is 42.4 Å². The quantitative estimate of drug-likeness (QED) is 0.452. The summed E-state index contributed by atoms with van der Waals surface area (Å²) in [6.45, 7) is 2.12. The number of aliphatic hydroxyl groups excluding tert-OH is 1. The fraction of sp³-hybridized carbons (Fsp3) is 0.500. The van der Waals surface area contributed by atoms with Gasteiger partial charge in [0.25, 0.3) is 11.9 Å². The number of ether oxygens (including phenoxy) is 5. The molecule has 6 heterocycles. The molecule has 0 bridgehead atoms. The third kappa shape index (κ3) is 4.45. The molecule has 7 rings (SSSR count). The van der Waals surface area contributed by atoms with Crippen LogP contribution in [0.3, 0.4) is 0 Å². The minimum absolute atomic E-state index is 0.0307. The van der Waals surface area contributed by atoms with Crippen LogP contribution >= 0.6 is 11.6 Å². The SMILES string of the molecule is O=C(c1cc(F)c(COc2nc3nc(O[C@@H]4COC5[C@H](O)CO[C@@H]54)[nH]c3cc2Cl)c(F)c1)N1CCC2(COC2)C1. The zero-order valence-corrected chi connectivity index (χ0v) is 21.8. The summed E-state index contributed by atoms with van der Waals surface area (Å²) < 4.78 is 57.7. The predicted octanol–water partition coefficient (Wildman–Crippen LogP) is 2.24. The molecule has 0 saturated carbocycles. The Morgan fingerprint density at radius 1 is 1.18 bits per heavy atom. The van der Waals surface area contributed by atoms with E-state index in [4.69, 9.17) is 35.3 Å². The van der Waals surface area contributed by atoms with Crippen LogP contribution in [0.4, 0.5) is 8.78 Å². The summed E-state index contributed by atoms with van der Waals surface area (Å²) in [4.78, 5) is 26.0. The molecule has 1 spiro atoms. The van der Waals surface area contributed by atoms with Crippen molar-refractivity contribution >= 4 is 28.7 Å². The molecule has 212 valence electrons. The number of H-pyrrole nitrogens is 1. The van der Waals surface area contributed by atoms with Gasteiger partial charge in [-0.15, -0.1) is 0 Å². The first-order chi connectivity index (χ1) is 19.3. The van der Waals surface area contributed by atoms with Crippen molar-refractivity contribution in [3.05, 3.63) is 46.0 Å². The van der Waals surface area contributed by atoms with Crippen molar-refractivity contribution in [2.24, 2.45) is 5.41 Å². The van der Waals surface area contributed by atoms with Gasteiger partial charge in [0.05, 0.1) is 37.5 Å². The van der Waals surface area contributed by atoms with Gasteiger partial charge < -0.3 is 38.7 Å². The van der Waals surface area contributed by atoms with Gasteiger partial charge in [0.2, 0.25) is 5.88 Å². The maximum atomic E-state index is 14.9. The highest BCUT2D eigenvalue weighted by Crippen LogP contribution is 2.38. The zero-order chi connectivity index (χ0) is 27.6. The third-order valence-corrected chi connectivity index (χ3v) is 8.17. The number of carbonyl (C=O) groups excluding carboxylic acids is 1. The van der Waals surface area contributed by atoms with E-state index in [1.807, 2.05) is 0 Å².